The number of aromatic nitrogens is 3. The topological polar surface area (TPSA) is 43.9 Å². The number of hydrogen-bond donors (Lipinski definition) is 0. The van der Waals surface area contributed by atoms with Gasteiger partial charge in [-0.25, -0.2) is 9.97 Å². The van der Waals surface area contributed by atoms with Gasteiger partial charge in [-0.15, -0.1) is 0 Å². The second-order valence-electron chi connectivity index (χ2n) is 15.8. The Morgan fingerprint density at radius 3 is 2.09 bits per heavy atom. The van der Waals surface area contributed by atoms with Crippen molar-refractivity contribution in [2.75, 3.05) is 0 Å². The summed E-state index contributed by atoms with van der Waals surface area (Å²) in [7, 11) is -2.10. The normalized spacial score (nSPS) is 13.2. The van der Waals surface area contributed by atoms with Crippen LogP contribution in [0.25, 0.3) is 105 Å². The van der Waals surface area contributed by atoms with Crippen molar-refractivity contribution in [3.05, 3.63) is 176 Å². The molecule has 0 aliphatic carbocycles. The molecule has 0 N–H and O–H groups in total. The van der Waals surface area contributed by atoms with Gasteiger partial charge < -0.3 is 8.98 Å². The van der Waals surface area contributed by atoms with Gasteiger partial charge in [0.15, 0.2) is 5.82 Å². The number of para-hydroxylation sites is 1. The third-order valence-corrected chi connectivity index (χ3v) is 15.5. The molecule has 4 heterocycles. The lowest BCUT2D eigenvalue weighted by molar-refractivity contribution is 0.669. The Morgan fingerprint density at radius 1 is 0.491 bits per heavy atom. The lowest BCUT2D eigenvalue weighted by Gasteiger charge is -2.19. The molecule has 8 aromatic carbocycles. The zero-order chi connectivity index (χ0) is 37.8. The highest BCUT2D eigenvalue weighted by Crippen LogP contribution is 2.41. The molecule has 0 fully saturated rings. The first-order valence-corrected chi connectivity index (χ1v) is 22.6. The molecular weight excluding hydrogens is 711 g/mol. The Labute approximate surface area is 330 Å². The summed E-state index contributed by atoms with van der Waals surface area (Å²) in [5.74, 6) is 0.763. The summed E-state index contributed by atoms with van der Waals surface area (Å²) in [6.45, 7) is 4.84. The Bertz CT molecular complexity index is 3450. The number of fused-ring (bicyclic) bond motifs is 11. The van der Waals surface area contributed by atoms with Crippen LogP contribution >= 0.6 is 0 Å². The number of rotatable bonds is 4. The van der Waals surface area contributed by atoms with Gasteiger partial charge in [-0.2, -0.15) is 0 Å². The fraction of sp³-hybridized carbons (Fsp3) is 0.0385. The van der Waals surface area contributed by atoms with Crippen molar-refractivity contribution >= 4 is 73.1 Å². The van der Waals surface area contributed by atoms with Gasteiger partial charge in [0.1, 0.15) is 19.2 Å². The van der Waals surface area contributed by atoms with E-state index in [-0.39, 0.29) is 0 Å². The van der Waals surface area contributed by atoms with Crippen LogP contribution in [0.4, 0.5) is 0 Å². The van der Waals surface area contributed by atoms with Gasteiger partial charge >= 0.3 is 0 Å². The second-order valence-corrected chi connectivity index (χ2v) is 20.0. The zero-order valence-electron chi connectivity index (χ0n) is 31.5. The van der Waals surface area contributed by atoms with Gasteiger partial charge in [0.05, 0.1) is 16.7 Å². The van der Waals surface area contributed by atoms with E-state index in [2.05, 4.69) is 181 Å². The van der Waals surface area contributed by atoms with E-state index >= 15 is 0 Å². The van der Waals surface area contributed by atoms with Gasteiger partial charge in [0.2, 0.25) is 0 Å². The van der Waals surface area contributed by atoms with Crippen LogP contribution in [0.1, 0.15) is 0 Å². The molecule has 0 radical (unpaired) electrons. The first-order valence-electron chi connectivity index (χ1n) is 19.6. The van der Waals surface area contributed by atoms with Crippen LogP contribution in [0, 0.1) is 0 Å². The first kappa shape index (κ1) is 32.2. The third kappa shape index (κ3) is 4.73. The fourth-order valence-corrected chi connectivity index (χ4v) is 12.3. The fourth-order valence-electron chi connectivity index (χ4n) is 9.41. The van der Waals surface area contributed by atoms with Crippen molar-refractivity contribution in [1.82, 2.24) is 14.5 Å². The first-order chi connectivity index (χ1) is 28.0. The smallest absolute Gasteiger partial charge is 0.159 e. The van der Waals surface area contributed by atoms with Crippen LogP contribution in [0.3, 0.4) is 0 Å². The van der Waals surface area contributed by atoms with E-state index in [1.54, 1.807) is 0 Å². The molecule has 0 atom stereocenters. The average molecular weight is 746 g/mol. The van der Waals surface area contributed by atoms with Crippen LogP contribution < -0.4 is 10.5 Å². The van der Waals surface area contributed by atoms with E-state index in [0.29, 0.717) is 0 Å². The molecule has 0 unspecified atom stereocenters. The molecule has 1 aliphatic rings. The van der Waals surface area contributed by atoms with Gasteiger partial charge in [-0.1, -0.05) is 140 Å². The molecule has 0 saturated carbocycles. The second kappa shape index (κ2) is 12.0. The van der Waals surface area contributed by atoms with E-state index in [4.69, 9.17) is 14.4 Å². The quantitative estimate of drug-likeness (QED) is 0.169. The highest BCUT2D eigenvalue weighted by Gasteiger charge is 2.41. The summed E-state index contributed by atoms with van der Waals surface area (Å²) in [5.41, 5.74) is 13.1. The number of furan rings is 1. The summed E-state index contributed by atoms with van der Waals surface area (Å²) in [6.07, 6.45) is 0. The van der Waals surface area contributed by atoms with E-state index in [1.807, 2.05) is 12.1 Å². The van der Waals surface area contributed by atoms with Crippen molar-refractivity contribution < 1.29 is 4.42 Å². The minimum atomic E-state index is -2.10. The minimum Gasteiger partial charge on any atom is -0.456 e. The molecule has 11 aromatic rings. The molecule has 12 rings (SSSR count). The monoisotopic (exact) mass is 745 g/mol. The maximum atomic E-state index is 6.18. The van der Waals surface area contributed by atoms with E-state index in [0.717, 1.165) is 66.9 Å². The summed E-state index contributed by atoms with van der Waals surface area (Å²) in [6, 6.07) is 63.2. The number of hydrogen-bond acceptors (Lipinski definition) is 3. The summed E-state index contributed by atoms with van der Waals surface area (Å²) in [4.78, 5) is 10.9. The van der Waals surface area contributed by atoms with Crippen LogP contribution in [0.2, 0.25) is 13.1 Å². The standard InChI is InChI=1S/C52H35N3OSi/c1-57(2)47-22-11-9-20-40(47)49-50(33-14-4-3-5-15-33)53-51(54-52(49)57)36-16-12-17-37(29-36)55-43-26-24-34(31-42(43)48-38-18-7-6-13-32(38)23-27-44(48)55)35-25-28-46-41(30-35)39-19-8-10-21-45(39)56-46/h3-31H,1-2H3. The molecule has 4 nitrogen and oxygen atoms in total. The van der Waals surface area contributed by atoms with Gasteiger partial charge in [0, 0.05) is 49.2 Å². The largest absolute Gasteiger partial charge is 0.456 e. The lowest BCUT2D eigenvalue weighted by Crippen LogP contribution is -2.50. The molecule has 5 heteroatoms. The van der Waals surface area contributed by atoms with Crippen molar-refractivity contribution in [1.29, 1.82) is 0 Å². The highest BCUT2D eigenvalue weighted by atomic mass is 28.3. The third-order valence-electron chi connectivity index (χ3n) is 12.1. The highest BCUT2D eigenvalue weighted by molar-refractivity contribution is 7.03. The molecule has 57 heavy (non-hydrogen) atoms. The number of benzene rings is 8. The van der Waals surface area contributed by atoms with Gasteiger partial charge in [-0.3, -0.25) is 0 Å². The van der Waals surface area contributed by atoms with Crippen LogP contribution in [0.15, 0.2) is 180 Å². The van der Waals surface area contributed by atoms with E-state index in [1.165, 1.54) is 48.7 Å². The Kier molecular flexibility index (Phi) is 6.75. The van der Waals surface area contributed by atoms with Crippen LogP contribution in [-0.4, -0.2) is 22.6 Å². The van der Waals surface area contributed by atoms with Crippen molar-refractivity contribution in [3.63, 3.8) is 0 Å². The summed E-state index contributed by atoms with van der Waals surface area (Å²) in [5, 5.41) is 9.82. The van der Waals surface area contributed by atoms with Crippen molar-refractivity contribution in [3.8, 4) is 50.6 Å². The molecule has 1 aliphatic heterocycles. The Morgan fingerprint density at radius 2 is 1.19 bits per heavy atom. The Balaban J connectivity index is 1.07. The molecule has 3 aromatic heterocycles. The Hall–Kier alpha value is -7.08. The predicted octanol–water partition coefficient (Wildman–Crippen LogP) is 12.4. The summed E-state index contributed by atoms with van der Waals surface area (Å²) < 4.78 is 8.59. The molecule has 0 bridgehead atoms. The minimum absolute atomic E-state index is 0.763. The van der Waals surface area contributed by atoms with Gasteiger partial charge in [-0.05, 0) is 81.2 Å². The molecule has 0 spiro atoms. The van der Waals surface area contributed by atoms with Gasteiger partial charge in [0.25, 0.3) is 0 Å². The maximum Gasteiger partial charge on any atom is 0.159 e. The van der Waals surface area contributed by atoms with Crippen LogP contribution in [-0.2, 0) is 0 Å². The van der Waals surface area contributed by atoms with Crippen molar-refractivity contribution in [2.24, 2.45) is 0 Å². The molecule has 268 valence electrons. The van der Waals surface area contributed by atoms with E-state index in [9.17, 15) is 0 Å². The lowest BCUT2D eigenvalue weighted by atomic mass is 9.99. The molecule has 0 amide bonds. The zero-order valence-corrected chi connectivity index (χ0v) is 32.5. The summed E-state index contributed by atoms with van der Waals surface area (Å²) >= 11 is 0. The number of nitrogens with zero attached hydrogens (tertiary/aromatic N) is 3. The van der Waals surface area contributed by atoms with Crippen molar-refractivity contribution in [2.45, 2.75) is 13.1 Å². The van der Waals surface area contributed by atoms with E-state index < -0.39 is 8.07 Å². The molecular formula is C52H35N3OSi. The van der Waals surface area contributed by atoms with Crippen LogP contribution in [0.5, 0.6) is 0 Å². The average Bonchev–Trinajstić information content (AvgIpc) is 3.88. The SMILES string of the molecule is C[Si]1(C)c2ccccc2-c2c(-c3ccccc3)nc(-c3cccc(-n4c5ccc(-c6ccc7oc8ccccc8c7c6)cc5c5c6ccccc6ccc54)c3)nc21. The predicted molar refractivity (Wildman–Crippen MR) is 240 cm³/mol. The maximum absolute atomic E-state index is 6.18. The molecule has 0 saturated heterocycles.